The van der Waals surface area contributed by atoms with Crippen molar-refractivity contribution in [1.29, 1.82) is 0 Å². The molecule has 2 aromatic carbocycles. The van der Waals surface area contributed by atoms with E-state index in [0.717, 1.165) is 11.1 Å². The average molecular weight is 213 g/mol. The van der Waals surface area contributed by atoms with E-state index in [9.17, 15) is 5.11 Å². The normalized spacial score (nSPS) is 10.8. The molecule has 0 unspecified atom stereocenters. The Morgan fingerprint density at radius 3 is 2.44 bits per heavy atom. The molecule has 0 amide bonds. The van der Waals surface area contributed by atoms with Crippen molar-refractivity contribution in [2.45, 2.75) is 0 Å². The quantitative estimate of drug-likeness (QED) is 0.458. The van der Waals surface area contributed by atoms with Gasteiger partial charge in [-0.25, -0.2) is 0 Å². The first kappa shape index (κ1) is 10.2. The van der Waals surface area contributed by atoms with Crippen LogP contribution in [0.1, 0.15) is 5.56 Å². The summed E-state index contributed by atoms with van der Waals surface area (Å²) < 4.78 is 0. The summed E-state index contributed by atoms with van der Waals surface area (Å²) in [5.41, 5.74) is 2.60. The number of phenols is 1. The van der Waals surface area contributed by atoms with Crippen molar-refractivity contribution in [3.05, 3.63) is 54.1 Å². The number of phenolic OH excluding ortho intramolecular Hbond substituents is 1. The Labute approximate surface area is 93.3 Å². The topological polar surface area (TPSA) is 52.8 Å². The lowest BCUT2D eigenvalue weighted by atomic mass is 10.0. The van der Waals surface area contributed by atoms with E-state index in [1.54, 1.807) is 18.2 Å². The maximum atomic E-state index is 9.37. The third-order valence-electron chi connectivity index (χ3n) is 2.32. The molecule has 0 radical (unpaired) electrons. The predicted molar refractivity (Wildman–Crippen MR) is 62.9 cm³/mol. The Hall–Kier alpha value is -2.29. The first-order valence-corrected chi connectivity index (χ1v) is 4.87. The maximum Gasteiger partial charge on any atom is 0.116 e. The highest BCUT2D eigenvalue weighted by Crippen LogP contribution is 2.25. The number of hydrogen-bond donors (Lipinski definition) is 2. The van der Waals surface area contributed by atoms with Gasteiger partial charge in [0, 0.05) is 5.56 Å². The number of benzene rings is 2. The summed E-state index contributed by atoms with van der Waals surface area (Å²) in [5, 5.41) is 20.9. The highest BCUT2D eigenvalue weighted by Gasteiger charge is 2.04. The van der Waals surface area contributed by atoms with Gasteiger partial charge in [-0.05, 0) is 23.3 Å². The third-order valence-corrected chi connectivity index (χ3v) is 2.32. The molecule has 0 heterocycles. The van der Waals surface area contributed by atoms with Crippen molar-refractivity contribution in [1.82, 2.24) is 0 Å². The molecule has 0 spiro atoms. The molecule has 80 valence electrons. The summed E-state index contributed by atoms with van der Waals surface area (Å²) in [6.07, 6.45) is 1.31. The maximum absolute atomic E-state index is 9.37. The summed E-state index contributed by atoms with van der Waals surface area (Å²) in [4.78, 5) is 0. The van der Waals surface area contributed by atoms with Crippen molar-refractivity contribution >= 4 is 6.21 Å². The van der Waals surface area contributed by atoms with Crippen LogP contribution in [0.5, 0.6) is 5.75 Å². The Morgan fingerprint density at radius 2 is 1.75 bits per heavy atom. The van der Waals surface area contributed by atoms with Crippen molar-refractivity contribution in [3.63, 3.8) is 0 Å². The molecule has 0 aliphatic heterocycles. The minimum absolute atomic E-state index is 0.148. The highest BCUT2D eigenvalue weighted by atomic mass is 16.4. The van der Waals surface area contributed by atoms with Crippen LogP contribution in [0.4, 0.5) is 0 Å². The van der Waals surface area contributed by atoms with Crippen LogP contribution in [0, 0.1) is 0 Å². The monoisotopic (exact) mass is 213 g/mol. The fourth-order valence-electron chi connectivity index (χ4n) is 1.60. The number of hydrogen-bond acceptors (Lipinski definition) is 3. The van der Waals surface area contributed by atoms with Gasteiger partial charge in [0.15, 0.2) is 0 Å². The average Bonchev–Trinajstić information content (AvgIpc) is 2.31. The second-order valence-corrected chi connectivity index (χ2v) is 3.38. The second kappa shape index (κ2) is 4.49. The summed E-state index contributed by atoms with van der Waals surface area (Å²) in [6.45, 7) is 0. The molecule has 0 aliphatic carbocycles. The van der Waals surface area contributed by atoms with Crippen LogP contribution in [-0.2, 0) is 0 Å². The molecule has 0 saturated carbocycles. The Morgan fingerprint density at radius 1 is 1.00 bits per heavy atom. The van der Waals surface area contributed by atoms with Gasteiger partial charge in [0.05, 0.1) is 6.21 Å². The van der Waals surface area contributed by atoms with Gasteiger partial charge in [-0.1, -0.05) is 41.6 Å². The van der Waals surface area contributed by atoms with Gasteiger partial charge in [0.1, 0.15) is 5.75 Å². The fourth-order valence-corrected chi connectivity index (χ4v) is 1.60. The molecule has 2 N–H and O–H groups in total. The molecule has 2 aromatic rings. The molecule has 0 bridgehead atoms. The van der Waals surface area contributed by atoms with E-state index in [0.29, 0.717) is 5.56 Å². The van der Waals surface area contributed by atoms with Gasteiger partial charge in [0.25, 0.3) is 0 Å². The lowest BCUT2D eigenvalue weighted by Gasteiger charge is -2.05. The van der Waals surface area contributed by atoms with E-state index >= 15 is 0 Å². The summed E-state index contributed by atoms with van der Waals surface area (Å²) >= 11 is 0. The lowest BCUT2D eigenvalue weighted by molar-refractivity contribution is 0.322. The first-order valence-electron chi connectivity index (χ1n) is 4.87. The molecule has 2 rings (SSSR count). The van der Waals surface area contributed by atoms with Crippen LogP contribution in [0.25, 0.3) is 11.1 Å². The summed E-state index contributed by atoms with van der Waals surface area (Å²) in [7, 11) is 0. The zero-order valence-corrected chi connectivity index (χ0v) is 8.54. The van der Waals surface area contributed by atoms with Crippen molar-refractivity contribution in [2.24, 2.45) is 5.16 Å². The number of oxime groups is 1. The molecular weight excluding hydrogens is 202 g/mol. The summed E-state index contributed by atoms with van der Waals surface area (Å²) in [5.74, 6) is 0.148. The van der Waals surface area contributed by atoms with E-state index in [1.165, 1.54) is 6.21 Å². The molecular formula is C13H11NO2. The number of rotatable bonds is 2. The number of aromatic hydroxyl groups is 1. The van der Waals surface area contributed by atoms with E-state index < -0.39 is 0 Å². The third kappa shape index (κ3) is 2.03. The van der Waals surface area contributed by atoms with E-state index in [-0.39, 0.29) is 5.75 Å². The predicted octanol–water partition coefficient (Wildman–Crippen LogP) is 2.87. The van der Waals surface area contributed by atoms with E-state index in [4.69, 9.17) is 5.21 Å². The van der Waals surface area contributed by atoms with Crippen molar-refractivity contribution < 1.29 is 10.3 Å². The molecule has 0 atom stereocenters. The SMILES string of the molecule is O/N=C/c1cc(O)ccc1-c1ccccc1. The number of nitrogens with zero attached hydrogens (tertiary/aromatic N) is 1. The van der Waals surface area contributed by atoms with Crippen LogP contribution < -0.4 is 0 Å². The van der Waals surface area contributed by atoms with Crippen LogP contribution >= 0.6 is 0 Å². The Bertz CT molecular complexity index is 507. The minimum Gasteiger partial charge on any atom is -0.508 e. The fraction of sp³-hybridized carbons (Fsp3) is 0. The lowest BCUT2D eigenvalue weighted by Crippen LogP contribution is -1.87. The zero-order chi connectivity index (χ0) is 11.4. The van der Waals surface area contributed by atoms with Crippen LogP contribution in [0.2, 0.25) is 0 Å². The molecule has 0 aromatic heterocycles. The Kier molecular flexibility index (Phi) is 2.87. The molecule has 0 fully saturated rings. The van der Waals surface area contributed by atoms with Crippen molar-refractivity contribution in [2.75, 3.05) is 0 Å². The van der Waals surface area contributed by atoms with Gasteiger partial charge in [-0.2, -0.15) is 0 Å². The largest absolute Gasteiger partial charge is 0.508 e. The van der Waals surface area contributed by atoms with Crippen LogP contribution in [0.3, 0.4) is 0 Å². The van der Waals surface area contributed by atoms with Crippen LogP contribution in [0.15, 0.2) is 53.7 Å². The van der Waals surface area contributed by atoms with Gasteiger partial charge < -0.3 is 10.3 Å². The molecule has 3 heteroatoms. The smallest absolute Gasteiger partial charge is 0.116 e. The van der Waals surface area contributed by atoms with Crippen molar-refractivity contribution in [3.8, 4) is 16.9 Å². The van der Waals surface area contributed by atoms with E-state index in [1.807, 2.05) is 30.3 Å². The standard InChI is InChI=1S/C13H11NO2/c15-12-6-7-13(11(8-12)9-14-16)10-4-2-1-3-5-10/h1-9,15-16H/b14-9+. The van der Waals surface area contributed by atoms with Gasteiger partial charge in [-0.3, -0.25) is 0 Å². The molecule has 3 nitrogen and oxygen atoms in total. The highest BCUT2D eigenvalue weighted by molar-refractivity contribution is 5.90. The van der Waals surface area contributed by atoms with Gasteiger partial charge >= 0.3 is 0 Å². The zero-order valence-electron chi connectivity index (χ0n) is 8.54. The molecule has 0 aliphatic rings. The second-order valence-electron chi connectivity index (χ2n) is 3.38. The molecule has 0 saturated heterocycles. The molecule has 16 heavy (non-hydrogen) atoms. The van der Waals surface area contributed by atoms with Crippen LogP contribution in [-0.4, -0.2) is 16.5 Å². The first-order chi connectivity index (χ1) is 7.81. The van der Waals surface area contributed by atoms with E-state index in [2.05, 4.69) is 5.16 Å². The minimum atomic E-state index is 0.148. The van der Waals surface area contributed by atoms with Gasteiger partial charge in [-0.15, -0.1) is 0 Å². The van der Waals surface area contributed by atoms with Gasteiger partial charge in [0.2, 0.25) is 0 Å². The Balaban J connectivity index is 2.56. The summed E-state index contributed by atoms with van der Waals surface area (Å²) in [6, 6.07) is 14.7.